The molecule has 0 saturated carbocycles. The van der Waals surface area contributed by atoms with E-state index in [4.69, 9.17) is 9.15 Å². The van der Waals surface area contributed by atoms with Crippen LogP contribution in [0.4, 0.5) is 5.69 Å². The first-order chi connectivity index (χ1) is 13.9. The largest absolute Gasteiger partial charge is 0.450 e. The normalized spacial score (nSPS) is 15.7. The monoisotopic (exact) mass is 458 g/mol. The van der Waals surface area contributed by atoms with E-state index in [1.807, 2.05) is 0 Å². The van der Waals surface area contributed by atoms with Gasteiger partial charge in [-0.05, 0) is 23.8 Å². The second kappa shape index (κ2) is 7.41. The highest BCUT2D eigenvalue weighted by Gasteiger charge is 2.42. The number of nitro groups is 1. The van der Waals surface area contributed by atoms with Gasteiger partial charge in [0.15, 0.2) is 5.43 Å². The third kappa shape index (κ3) is 3.22. The van der Waals surface area contributed by atoms with Crippen LogP contribution >= 0.6 is 15.9 Å². The summed E-state index contributed by atoms with van der Waals surface area (Å²) in [6.07, 6.45) is 0. The number of nitro benzene ring substituents is 1. The first-order valence-electron chi connectivity index (χ1n) is 8.73. The van der Waals surface area contributed by atoms with E-state index in [-0.39, 0.29) is 35.6 Å². The molecule has 1 atom stereocenters. The molecule has 0 aliphatic carbocycles. The summed E-state index contributed by atoms with van der Waals surface area (Å²) in [5.74, 6) is -0.493. The first-order valence-corrected chi connectivity index (χ1v) is 9.52. The lowest BCUT2D eigenvalue weighted by Crippen LogP contribution is -2.32. The standard InChI is InChI=1S/C20H15BrN2O6/c1-28-8-7-22-17(11-3-2-4-13(9-11)23(26)27)16-18(24)14-10-12(21)5-6-15(14)29-19(16)20(22)25/h2-6,9-10,17H,7-8H2,1H3. The van der Waals surface area contributed by atoms with Crippen LogP contribution in [0.25, 0.3) is 11.0 Å². The van der Waals surface area contributed by atoms with E-state index in [2.05, 4.69) is 15.9 Å². The zero-order chi connectivity index (χ0) is 20.7. The number of fused-ring (bicyclic) bond motifs is 2. The number of benzene rings is 2. The average Bonchev–Trinajstić information content (AvgIpc) is 2.99. The number of carbonyl (C=O) groups excluding carboxylic acids is 1. The molecule has 1 unspecified atom stereocenters. The van der Waals surface area contributed by atoms with Crippen LogP contribution in [0.1, 0.15) is 27.7 Å². The van der Waals surface area contributed by atoms with Gasteiger partial charge in [-0.15, -0.1) is 0 Å². The van der Waals surface area contributed by atoms with Crippen LogP contribution in [0.15, 0.2) is 56.1 Å². The van der Waals surface area contributed by atoms with E-state index in [1.54, 1.807) is 24.3 Å². The van der Waals surface area contributed by atoms with Crippen LogP contribution in [0.3, 0.4) is 0 Å². The average molecular weight is 459 g/mol. The predicted molar refractivity (Wildman–Crippen MR) is 108 cm³/mol. The van der Waals surface area contributed by atoms with Gasteiger partial charge in [0.1, 0.15) is 5.58 Å². The van der Waals surface area contributed by atoms with E-state index >= 15 is 0 Å². The summed E-state index contributed by atoms with van der Waals surface area (Å²) >= 11 is 3.34. The first kappa shape index (κ1) is 19.3. The fraction of sp³-hybridized carbons (Fsp3) is 0.200. The molecule has 2 heterocycles. The minimum absolute atomic E-state index is 0.0440. The molecular weight excluding hydrogens is 444 g/mol. The van der Waals surface area contributed by atoms with Crippen molar-refractivity contribution in [1.82, 2.24) is 4.90 Å². The van der Waals surface area contributed by atoms with Gasteiger partial charge in [0.05, 0.1) is 28.5 Å². The van der Waals surface area contributed by atoms with E-state index in [0.29, 0.717) is 21.0 Å². The number of non-ortho nitro benzene ring substituents is 1. The van der Waals surface area contributed by atoms with Gasteiger partial charge in [0.25, 0.3) is 11.6 Å². The molecule has 0 bridgehead atoms. The Labute approximate surface area is 173 Å². The SMILES string of the molecule is COCCN1C(=O)c2oc3ccc(Br)cc3c(=O)c2C1c1cccc([N+](=O)[O-])c1. The Morgan fingerprint density at radius 2 is 2.03 bits per heavy atom. The highest BCUT2D eigenvalue weighted by molar-refractivity contribution is 9.10. The molecule has 2 aromatic carbocycles. The summed E-state index contributed by atoms with van der Waals surface area (Å²) in [5, 5.41) is 11.6. The molecule has 148 valence electrons. The zero-order valence-electron chi connectivity index (χ0n) is 15.3. The third-order valence-corrected chi connectivity index (χ3v) is 5.35. The van der Waals surface area contributed by atoms with Crippen LogP contribution in [0.5, 0.6) is 0 Å². The van der Waals surface area contributed by atoms with Gasteiger partial charge in [-0.3, -0.25) is 19.7 Å². The van der Waals surface area contributed by atoms with E-state index in [1.165, 1.54) is 30.2 Å². The van der Waals surface area contributed by atoms with Crippen molar-refractivity contribution in [3.63, 3.8) is 0 Å². The number of amides is 1. The molecule has 0 radical (unpaired) electrons. The summed E-state index contributed by atoms with van der Waals surface area (Å²) in [6.45, 7) is 0.441. The Morgan fingerprint density at radius 3 is 2.76 bits per heavy atom. The lowest BCUT2D eigenvalue weighted by molar-refractivity contribution is -0.384. The smallest absolute Gasteiger partial charge is 0.290 e. The number of carbonyl (C=O) groups is 1. The fourth-order valence-electron chi connectivity index (χ4n) is 3.57. The maximum Gasteiger partial charge on any atom is 0.290 e. The predicted octanol–water partition coefficient (Wildman–Crippen LogP) is 3.66. The van der Waals surface area contributed by atoms with Crippen LogP contribution in [0, 0.1) is 10.1 Å². The third-order valence-electron chi connectivity index (χ3n) is 4.86. The lowest BCUT2D eigenvalue weighted by Gasteiger charge is -2.24. The number of rotatable bonds is 5. The summed E-state index contributed by atoms with van der Waals surface area (Å²) < 4.78 is 11.6. The highest BCUT2D eigenvalue weighted by Crippen LogP contribution is 2.39. The van der Waals surface area contributed by atoms with Gasteiger partial charge in [0.2, 0.25) is 5.76 Å². The number of ether oxygens (including phenoxy) is 1. The second-order valence-corrected chi connectivity index (χ2v) is 7.48. The van der Waals surface area contributed by atoms with Crippen molar-refractivity contribution in [2.24, 2.45) is 0 Å². The van der Waals surface area contributed by atoms with Gasteiger partial charge in [0, 0.05) is 30.3 Å². The molecule has 0 fully saturated rings. The summed E-state index contributed by atoms with van der Waals surface area (Å²) in [5.41, 5.74) is 0.480. The lowest BCUT2D eigenvalue weighted by atomic mass is 9.98. The highest BCUT2D eigenvalue weighted by atomic mass is 79.9. The van der Waals surface area contributed by atoms with Crippen LogP contribution < -0.4 is 5.43 Å². The molecule has 4 rings (SSSR count). The molecule has 9 heteroatoms. The van der Waals surface area contributed by atoms with Gasteiger partial charge in [-0.1, -0.05) is 28.1 Å². The van der Waals surface area contributed by atoms with Crippen molar-refractivity contribution >= 4 is 38.5 Å². The molecule has 1 aliphatic rings. The Hall–Kier alpha value is -3.04. The van der Waals surface area contributed by atoms with Crippen molar-refractivity contribution in [2.45, 2.75) is 6.04 Å². The fourth-order valence-corrected chi connectivity index (χ4v) is 3.93. The van der Waals surface area contributed by atoms with Gasteiger partial charge >= 0.3 is 0 Å². The molecule has 3 aromatic rings. The van der Waals surface area contributed by atoms with Crippen molar-refractivity contribution in [3.8, 4) is 0 Å². The number of hydrogen-bond donors (Lipinski definition) is 0. The van der Waals surface area contributed by atoms with Crippen molar-refractivity contribution in [3.05, 3.63) is 84.2 Å². The van der Waals surface area contributed by atoms with Crippen molar-refractivity contribution in [2.75, 3.05) is 20.3 Å². The Morgan fingerprint density at radius 1 is 1.24 bits per heavy atom. The number of methoxy groups -OCH3 is 1. The summed E-state index contributed by atoms with van der Waals surface area (Å²) in [4.78, 5) is 38.5. The minimum Gasteiger partial charge on any atom is -0.450 e. The van der Waals surface area contributed by atoms with Crippen LogP contribution in [-0.2, 0) is 4.74 Å². The maximum absolute atomic E-state index is 13.3. The van der Waals surface area contributed by atoms with Crippen LogP contribution in [0.2, 0.25) is 0 Å². The minimum atomic E-state index is -0.799. The van der Waals surface area contributed by atoms with Gasteiger partial charge in [-0.2, -0.15) is 0 Å². The molecule has 0 saturated heterocycles. The molecule has 0 spiro atoms. The molecule has 0 N–H and O–H groups in total. The Kier molecular flexibility index (Phi) is 4.93. The number of nitrogens with zero attached hydrogens (tertiary/aromatic N) is 2. The second-order valence-electron chi connectivity index (χ2n) is 6.56. The number of hydrogen-bond acceptors (Lipinski definition) is 6. The van der Waals surface area contributed by atoms with Crippen molar-refractivity contribution < 1.29 is 18.9 Å². The topological polar surface area (TPSA) is 103 Å². The van der Waals surface area contributed by atoms with E-state index < -0.39 is 16.9 Å². The quantitative estimate of drug-likeness (QED) is 0.426. The molecule has 1 aliphatic heterocycles. The zero-order valence-corrected chi connectivity index (χ0v) is 16.8. The van der Waals surface area contributed by atoms with Gasteiger partial charge in [-0.25, -0.2) is 0 Å². The van der Waals surface area contributed by atoms with Gasteiger partial charge < -0.3 is 14.1 Å². The van der Waals surface area contributed by atoms with E-state index in [0.717, 1.165) is 0 Å². The van der Waals surface area contributed by atoms with Crippen LogP contribution in [-0.4, -0.2) is 36.0 Å². The molecule has 1 aromatic heterocycles. The maximum atomic E-state index is 13.3. The number of halogens is 1. The summed E-state index contributed by atoms with van der Waals surface area (Å²) in [7, 11) is 1.51. The molecule has 8 nitrogen and oxygen atoms in total. The van der Waals surface area contributed by atoms with Crippen molar-refractivity contribution in [1.29, 1.82) is 0 Å². The van der Waals surface area contributed by atoms with E-state index in [9.17, 15) is 19.7 Å². The Balaban J connectivity index is 1.98. The molecule has 29 heavy (non-hydrogen) atoms. The Bertz CT molecular complexity index is 1210. The summed E-state index contributed by atoms with van der Waals surface area (Å²) in [6, 6.07) is 10.1. The molecular formula is C20H15BrN2O6. The molecule has 1 amide bonds.